The number of ether oxygens (including phenoxy) is 2. The first-order valence-corrected chi connectivity index (χ1v) is 11.1. The van der Waals surface area contributed by atoms with Gasteiger partial charge in [-0.05, 0) is 35.9 Å². The molecule has 0 atom stereocenters. The number of rotatable bonds is 8. The molecule has 0 saturated carbocycles. The largest absolute Gasteiger partial charge is 0.493 e. The molecular formula is C21H17FN4O4S2. The lowest BCUT2D eigenvalue weighted by Gasteiger charge is -2.07. The third-order valence-electron chi connectivity index (χ3n) is 4.31. The Bertz CT molecular complexity index is 1230. The van der Waals surface area contributed by atoms with Crippen LogP contribution in [0.4, 0.5) is 9.52 Å². The highest BCUT2D eigenvalue weighted by atomic mass is 32.2. The van der Waals surface area contributed by atoms with Crippen molar-refractivity contribution < 1.29 is 23.2 Å². The summed E-state index contributed by atoms with van der Waals surface area (Å²) in [6.07, 6.45) is 0. The van der Waals surface area contributed by atoms with E-state index in [9.17, 15) is 9.18 Å². The second kappa shape index (κ2) is 9.79. The van der Waals surface area contributed by atoms with Gasteiger partial charge in [-0.3, -0.25) is 10.1 Å². The van der Waals surface area contributed by atoms with E-state index in [4.69, 9.17) is 14.0 Å². The van der Waals surface area contributed by atoms with Gasteiger partial charge in [0, 0.05) is 17.4 Å². The highest BCUT2D eigenvalue weighted by Crippen LogP contribution is 2.33. The zero-order chi connectivity index (χ0) is 22.5. The molecule has 164 valence electrons. The molecule has 2 heterocycles. The van der Waals surface area contributed by atoms with Crippen LogP contribution in [0, 0.1) is 5.82 Å². The summed E-state index contributed by atoms with van der Waals surface area (Å²) >= 11 is 2.68. The van der Waals surface area contributed by atoms with Crippen LogP contribution in [0.5, 0.6) is 11.5 Å². The van der Waals surface area contributed by atoms with Crippen molar-refractivity contribution in [3.63, 3.8) is 0 Å². The standard InChI is InChI=1S/C21H17FN4O4S2/c1-28-16-8-5-13(9-18(16)29-2)17-10-15(26-30-17)19(27)23-20-24-25-21(32-20)31-11-12-3-6-14(22)7-4-12/h3-10H,11H2,1-2H3,(H,23,24,27). The van der Waals surface area contributed by atoms with Crippen molar-refractivity contribution in [1.82, 2.24) is 15.4 Å². The van der Waals surface area contributed by atoms with Crippen molar-refractivity contribution in [3.05, 3.63) is 65.6 Å². The van der Waals surface area contributed by atoms with Crippen LogP contribution in [0.2, 0.25) is 0 Å². The van der Waals surface area contributed by atoms with Crippen molar-refractivity contribution in [2.45, 2.75) is 10.1 Å². The molecule has 0 fully saturated rings. The Morgan fingerprint density at radius 3 is 2.62 bits per heavy atom. The van der Waals surface area contributed by atoms with Gasteiger partial charge in [0.1, 0.15) is 5.82 Å². The van der Waals surface area contributed by atoms with E-state index < -0.39 is 5.91 Å². The summed E-state index contributed by atoms with van der Waals surface area (Å²) in [5, 5.41) is 14.9. The molecule has 4 rings (SSSR count). The average Bonchev–Trinajstić information content (AvgIpc) is 3.48. The molecule has 32 heavy (non-hydrogen) atoms. The Hall–Kier alpha value is -3.44. The molecule has 0 aliphatic carbocycles. The van der Waals surface area contributed by atoms with Gasteiger partial charge in [-0.2, -0.15) is 0 Å². The average molecular weight is 473 g/mol. The van der Waals surface area contributed by atoms with Crippen molar-refractivity contribution in [1.29, 1.82) is 0 Å². The highest BCUT2D eigenvalue weighted by Gasteiger charge is 2.17. The first kappa shape index (κ1) is 21.8. The Morgan fingerprint density at radius 2 is 1.88 bits per heavy atom. The van der Waals surface area contributed by atoms with Gasteiger partial charge in [-0.1, -0.05) is 40.4 Å². The number of methoxy groups -OCH3 is 2. The van der Waals surface area contributed by atoms with Gasteiger partial charge in [0.05, 0.1) is 14.2 Å². The molecule has 4 aromatic rings. The van der Waals surface area contributed by atoms with Crippen LogP contribution >= 0.6 is 23.1 Å². The van der Waals surface area contributed by atoms with E-state index in [0.29, 0.717) is 38.0 Å². The minimum atomic E-state index is -0.466. The molecule has 1 amide bonds. The maximum absolute atomic E-state index is 13.0. The van der Waals surface area contributed by atoms with Crippen molar-refractivity contribution >= 4 is 34.1 Å². The fourth-order valence-corrected chi connectivity index (χ4v) is 4.42. The van der Waals surface area contributed by atoms with Gasteiger partial charge in [-0.15, -0.1) is 10.2 Å². The summed E-state index contributed by atoms with van der Waals surface area (Å²) < 4.78 is 29.5. The van der Waals surface area contributed by atoms with Crippen LogP contribution in [0.3, 0.4) is 0 Å². The smallest absolute Gasteiger partial charge is 0.279 e. The summed E-state index contributed by atoms with van der Waals surface area (Å²) in [7, 11) is 3.09. The summed E-state index contributed by atoms with van der Waals surface area (Å²) in [5.41, 5.74) is 1.75. The van der Waals surface area contributed by atoms with Crippen LogP contribution in [-0.4, -0.2) is 35.5 Å². The normalized spacial score (nSPS) is 10.7. The third-order valence-corrected chi connectivity index (χ3v) is 6.36. The van der Waals surface area contributed by atoms with Crippen molar-refractivity contribution in [2.75, 3.05) is 19.5 Å². The quantitative estimate of drug-likeness (QED) is 0.286. The molecule has 0 unspecified atom stereocenters. The summed E-state index contributed by atoms with van der Waals surface area (Å²) in [6.45, 7) is 0. The Balaban J connectivity index is 1.39. The van der Waals surface area contributed by atoms with Crippen molar-refractivity contribution in [3.8, 4) is 22.8 Å². The number of thioether (sulfide) groups is 1. The monoisotopic (exact) mass is 472 g/mol. The number of hydrogen-bond donors (Lipinski definition) is 1. The molecule has 0 radical (unpaired) electrons. The molecule has 0 saturated heterocycles. The van der Waals surface area contributed by atoms with Crippen LogP contribution in [0.15, 0.2) is 57.4 Å². The number of aromatic nitrogens is 3. The van der Waals surface area contributed by atoms with Crippen LogP contribution in [0.25, 0.3) is 11.3 Å². The fourth-order valence-electron chi connectivity index (χ4n) is 2.71. The van der Waals surface area contributed by atoms with Gasteiger partial charge in [0.25, 0.3) is 5.91 Å². The summed E-state index contributed by atoms with van der Waals surface area (Å²) in [4.78, 5) is 12.5. The number of hydrogen-bond acceptors (Lipinski definition) is 9. The number of halogens is 1. The van der Waals surface area contributed by atoms with E-state index in [-0.39, 0.29) is 11.5 Å². The third kappa shape index (κ3) is 5.06. The zero-order valence-electron chi connectivity index (χ0n) is 17.0. The summed E-state index contributed by atoms with van der Waals surface area (Å²) in [5.74, 6) is 1.39. The number of anilines is 1. The molecule has 2 aromatic heterocycles. The van der Waals surface area contributed by atoms with Gasteiger partial charge in [0.2, 0.25) is 5.13 Å². The minimum Gasteiger partial charge on any atom is -0.493 e. The predicted molar refractivity (Wildman–Crippen MR) is 119 cm³/mol. The predicted octanol–water partition coefficient (Wildman–Crippen LogP) is 4.89. The lowest BCUT2D eigenvalue weighted by molar-refractivity contribution is 0.101. The number of carbonyl (C=O) groups excluding carboxylic acids is 1. The Morgan fingerprint density at radius 1 is 1.09 bits per heavy atom. The first-order valence-electron chi connectivity index (χ1n) is 9.27. The molecule has 8 nitrogen and oxygen atoms in total. The number of carbonyl (C=O) groups is 1. The van der Waals surface area contributed by atoms with Crippen LogP contribution in [-0.2, 0) is 5.75 Å². The van der Waals surface area contributed by atoms with E-state index in [1.165, 1.54) is 48.4 Å². The van der Waals surface area contributed by atoms with Crippen molar-refractivity contribution in [2.24, 2.45) is 0 Å². The first-order chi connectivity index (χ1) is 15.6. The number of nitrogens with one attached hydrogen (secondary N) is 1. The van der Waals surface area contributed by atoms with E-state index in [1.807, 2.05) is 0 Å². The fraction of sp³-hybridized carbons (Fsp3) is 0.143. The minimum absolute atomic E-state index is 0.102. The van der Waals surface area contributed by atoms with Crippen LogP contribution in [0.1, 0.15) is 16.1 Å². The van der Waals surface area contributed by atoms with Gasteiger partial charge < -0.3 is 14.0 Å². The van der Waals surface area contributed by atoms with Gasteiger partial charge in [0.15, 0.2) is 27.3 Å². The molecule has 1 N–H and O–H groups in total. The lowest BCUT2D eigenvalue weighted by Crippen LogP contribution is -2.11. The summed E-state index contributed by atoms with van der Waals surface area (Å²) in [6, 6.07) is 13.0. The highest BCUT2D eigenvalue weighted by molar-refractivity contribution is 8.00. The maximum atomic E-state index is 13.0. The Labute approximate surface area is 190 Å². The molecule has 2 aromatic carbocycles. The number of nitrogens with zero attached hydrogens (tertiary/aromatic N) is 3. The van der Waals surface area contributed by atoms with E-state index in [1.54, 1.807) is 37.4 Å². The number of benzene rings is 2. The molecule has 0 spiro atoms. The van der Waals surface area contributed by atoms with Gasteiger partial charge in [-0.25, -0.2) is 4.39 Å². The topological polar surface area (TPSA) is 99.4 Å². The zero-order valence-corrected chi connectivity index (χ0v) is 18.6. The molecule has 0 bridgehead atoms. The molecular weight excluding hydrogens is 455 g/mol. The van der Waals surface area contributed by atoms with E-state index in [2.05, 4.69) is 20.7 Å². The Kier molecular flexibility index (Phi) is 6.66. The molecule has 0 aliphatic heterocycles. The molecule has 11 heteroatoms. The second-order valence-electron chi connectivity index (χ2n) is 6.39. The number of amides is 1. The second-order valence-corrected chi connectivity index (χ2v) is 8.59. The molecule has 0 aliphatic rings. The van der Waals surface area contributed by atoms with E-state index in [0.717, 1.165) is 5.56 Å². The SMILES string of the molecule is COc1ccc(-c2cc(C(=O)Nc3nnc(SCc4ccc(F)cc4)s3)no2)cc1OC. The van der Waals surface area contributed by atoms with Gasteiger partial charge >= 0.3 is 0 Å². The van der Waals surface area contributed by atoms with Crippen LogP contribution < -0.4 is 14.8 Å². The van der Waals surface area contributed by atoms with E-state index >= 15 is 0 Å². The maximum Gasteiger partial charge on any atom is 0.279 e. The lowest BCUT2D eigenvalue weighted by atomic mass is 10.1.